The van der Waals surface area contributed by atoms with Crippen LogP contribution >= 0.6 is 0 Å². The van der Waals surface area contributed by atoms with E-state index in [1.165, 1.54) is 0 Å². The Bertz CT molecular complexity index is 29.9. The molecule has 0 bridgehead atoms. The van der Waals surface area contributed by atoms with Gasteiger partial charge in [-0.3, -0.25) is 0 Å². The van der Waals surface area contributed by atoms with Crippen LogP contribution in [0.2, 0.25) is 0 Å². The Labute approximate surface area is 42.0 Å². The van der Waals surface area contributed by atoms with Gasteiger partial charge < -0.3 is 10.2 Å². The molecule has 0 aliphatic heterocycles. The van der Waals surface area contributed by atoms with Gasteiger partial charge in [0, 0.05) is 20.1 Å². The van der Waals surface area contributed by atoms with Crippen LogP contribution in [-0.2, 0) is 20.1 Å². The zero-order chi connectivity index (χ0) is 3.58. The molecular formula is CH2O3Tc. The number of carbonyl (C=O) groups is 1. The fraction of sp³-hybridized carbons (Fsp3) is 0. The maximum Gasteiger partial charge on any atom is 0.503 e. The molecule has 2 N–H and O–H groups in total. The molecule has 0 heterocycles. The normalized spacial score (nSPS) is 4.80. The minimum atomic E-state index is -1.83. The minimum absolute atomic E-state index is 0. The summed E-state index contributed by atoms with van der Waals surface area (Å²) in [5, 5.41) is 13.9. The molecule has 1 radical (unpaired) electrons. The van der Waals surface area contributed by atoms with E-state index in [1.807, 2.05) is 0 Å². The van der Waals surface area contributed by atoms with Crippen molar-refractivity contribution in [2.45, 2.75) is 0 Å². The van der Waals surface area contributed by atoms with Crippen molar-refractivity contribution in [3.8, 4) is 0 Å². The quantitative estimate of drug-likeness (QED) is 0.532. The molecule has 0 unspecified atom stereocenters. The van der Waals surface area contributed by atoms with Gasteiger partial charge in [0.05, 0.1) is 0 Å². The van der Waals surface area contributed by atoms with Crippen LogP contribution < -0.4 is 0 Å². The molecule has 0 rings (SSSR count). The molecule has 0 amide bonds. The van der Waals surface area contributed by atoms with Crippen molar-refractivity contribution in [2.24, 2.45) is 0 Å². The number of hydrogen-bond donors (Lipinski definition) is 2. The molecule has 4 heteroatoms. The fourth-order valence-corrected chi connectivity index (χ4v) is 0. The summed E-state index contributed by atoms with van der Waals surface area (Å²) in [5.41, 5.74) is 0. The molecule has 0 spiro atoms. The van der Waals surface area contributed by atoms with E-state index in [2.05, 4.69) is 0 Å². The van der Waals surface area contributed by atoms with Gasteiger partial charge in [-0.1, -0.05) is 0 Å². The Morgan fingerprint density at radius 2 is 1.40 bits per heavy atom. The topological polar surface area (TPSA) is 57.5 Å². The van der Waals surface area contributed by atoms with Crippen LogP contribution in [0.3, 0.4) is 0 Å². The minimum Gasteiger partial charge on any atom is -0.450 e. The van der Waals surface area contributed by atoms with Crippen molar-refractivity contribution in [1.82, 2.24) is 0 Å². The van der Waals surface area contributed by atoms with Gasteiger partial charge in [0.1, 0.15) is 0 Å². The molecule has 0 aromatic carbocycles. The number of hydrogen-bond acceptors (Lipinski definition) is 1. The summed E-state index contributed by atoms with van der Waals surface area (Å²) < 4.78 is 0. The molecule has 5 heavy (non-hydrogen) atoms. The molecule has 3 nitrogen and oxygen atoms in total. The van der Waals surface area contributed by atoms with E-state index < -0.39 is 6.16 Å². The predicted molar refractivity (Wildman–Crippen MR) is 10.7 cm³/mol. The maximum atomic E-state index is 8.56. The Morgan fingerprint density at radius 3 is 1.40 bits per heavy atom. The van der Waals surface area contributed by atoms with Crippen LogP contribution in [0.5, 0.6) is 0 Å². The van der Waals surface area contributed by atoms with E-state index >= 15 is 0 Å². The van der Waals surface area contributed by atoms with E-state index in [9.17, 15) is 0 Å². The molecule has 31 valence electrons. The summed E-state index contributed by atoms with van der Waals surface area (Å²) in [4.78, 5) is 8.56. The monoisotopic (exact) mass is 159 g/mol. The molecule has 0 aromatic rings. The summed E-state index contributed by atoms with van der Waals surface area (Å²) in [7, 11) is 0. The maximum absolute atomic E-state index is 8.56. The summed E-state index contributed by atoms with van der Waals surface area (Å²) >= 11 is 0. The Balaban J connectivity index is 0. The van der Waals surface area contributed by atoms with Gasteiger partial charge in [0.25, 0.3) is 0 Å². The molecule has 0 aliphatic carbocycles. The summed E-state index contributed by atoms with van der Waals surface area (Å²) in [6, 6.07) is 0. The first-order valence-corrected chi connectivity index (χ1v) is 0.651. The SMILES string of the molecule is O=C(O)O.[Tc]. The van der Waals surface area contributed by atoms with E-state index in [0.29, 0.717) is 0 Å². The van der Waals surface area contributed by atoms with Crippen LogP contribution in [-0.4, -0.2) is 16.4 Å². The number of carboxylic acid groups (broad SMARTS) is 2. The Hall–Kier alpha value is -0.0806. The van der Waals surface area contributed by atoms with Gasteiger partial charge in [0.15, 0.2) is 0 Å². The van der Waals surface area contributed by atoms with Crippen LogP contribution in [0.25, 0.3) is 0 Å². The van der Waals surface area contributed by atoms with E-state index in [0.717, 1.165) is 0 Å². The van der Waals surface area contributed by atoms with Crippen LogP contribution in [0.4, 0.5) is 4.79 Å². The summed E-state index contributed by atoms with van der Waals surface area (Å²) in [6.07, 6.45) is -1.83. The van der Waals surface area contributed by atoms with Gasteiger partial charge in [-0.25, -0.2) is 4.79 Å². The van der Waals surface area contributed by atoms with E-state index in [-0.39, 0.29) is 20.1 Å². The first kappa shape index (κ1) is 8.87. The molecule has 0 atom stereocenters. The molecule has 0 saturated carbocycles. The van der Waals surface area contributed by atoms with Gasteiger partial charge >= 0.3 is 6.16 Å². The van der Waals surface area contributed by atoms with Gasteiger partial charge in [0.2, 0.25) is 0 Å². The smallest absolute Gasteiger partial charge is 0.450 e. The van der Waals surface area contributed by atoms with E-state index in [4.69, 9.17) is 15.0 Å². The Morgan fingerprint density at radius 1 is 1.40 bits per heavy atom. The second-order valence-electron chi connectivity index (χ2n) is 0.283. The van der Waals surface area contributed by atoms with Crippen molar-refractivity contribution >= 4 is 6.16 Å². The molecule has 0 aliphatic rings. The second-order valence-corrected chi connectivity index (χ2v) is 0.283. The van der Waals surface area contributed by atoms with Gasteiger partial charge in [-0.15, -0.1) is 0 Å². The van der Waals surface area contributed by atoms with Crippen molar-refractivity contribution in [3.05, 3.63) is 0 Å². The largest absolute Gasteiger partial charge is 0.503 e. The van der Waals surface area contributed by atoms with Crippen LogP contribution in [0, 0.1) is 0 Å². The molecular weight excluding hydrogens is 158 g/mol. The van der Waals surface area contributed by atoms with Crippen molar-refractivity contribution in [1.29, 1.82) is 0 Å². The van der Waals surface area contributed by atoms with Gasteiger partial charge in [-0.2, -0.15) is 0 Å². The van der Waals surface area contributed by atoms with Crippen molar-refractivity contribution < 1.29 is 35.1 Å². The average Bonchev–Trinajstić information content (AvgIpc) is 0.811. The van der Waals surface area contributed by atoms with Gasteiger partial charge in [-0.05, 0) is 0 Å². The Kier molecular flexibility index (Phi) is 6.95. The zero-order valence-corrected chi connectivity index (χ0v) is 4.04. The van der Waals surface area contributed by atoms with Crippen molar-refractivity contribution in [3.63, 3.8) is 0 Å². The first-order valence-electron chi connectivity index (χ1n) is 0.651. The third-order valence-corrected chi connectivity index (χ3v) is 0. The van der Waals surface area contributed by atoms with E-state index in [1.54, 1.807) is 0 Å². The molecule has 0 aromatic heterocycles. The zero-order valence-electron chi connectivity index (χ0n) is 2.18. The fourth-order valence-electron chi connectivity index (χ4n) is 0. The summed E-state index contributed by atoms with van der Waals surface area (Å²) in [5.74, 6) is 0. The average molecular weight is 160 g/mol. The third-order valence-electron chi connectivity index (χ3n) is 0. The van der Waals surface area contributed by atoms with Crippen LogP contribution in [0.1, 0.15) is 0 Å². The van der Waals surface area contributed by atoms with Crippen molar-refractivity contribution in [2.75, 3.05) is 0 Å². The number of rotatable bonds is 0. The standard InChI is InChI=1S/CH2O3.Tc/c2-1(3)4;/h(H2,2,3,4);. The molecule has 0 saturated heterocycles. The molecule has 0 fully saturated rings. The predicted octanol–water partition coefficient (Wildman–Crippen LogP) is 0.220. The summed E-state index contributed by atoms with van der Waals surface area (Å²) in [6.45, 7) is 0. The third kappa shape index (κ3) is 2220. The first-order chi connectivity index (χ1) is 1.73. The second kappa shape index (κ2) is 3.92. The van der Waals surface area contributed by atoms with Crippen LogP contribution in [0.15, 0.2) is 0 Å².